The minimum atomic E-state index is -4.67. The van der Waals surface area contributed by atoms with Crippen molar-refractivity contribution in [3.63, 3.8) is 0 Å². The van der Waals surface area contributed by atoms with Gasteiger partial charge in [-0.05, 0) is 19.1 Å². The van der Waals surface area contributed by atoms with Crippen molar-refractivity contribution in [3.8, 4) is 0 Å². The maximum Gasteiger partial charge on any atom is 0.449 e. The minimum absolute atomic E-state index is 0.00403. The van der Waals surface area contributed by atoms with E-state index in [-0.39, 0.29) is 27.2 Å². The number of rotatable bonds is 3. The quantitative estimate of drug-likeness (QED) is 0.809. The molecule has 0 aliphatic heterocycles. The van der Waals surface area contributed by atoms with Gasteiger partial charge in [0.25, 0.3) is 0 Å². The van der Waals surface area contributed by atoms with E-state index in [1.165, 1.54) is 6.92 Å². The Morgan fingerprint density at radius 2 is 1.91 bits per heavy atom. The first-order valence-electron chi connectivity index (χ1n) is 6.30. The lowest BCUT2D eigenvalue weighted by molar-refractivity contribution is -0.146. The highest BCUT2D eigenvalue weighted by Crippen LogP contribution is 2.32. The predicted molar refractivity (Wildman–Crippen MR) is 73.4 cm³/mol. The molecule has 0 unspecified atom stereocenters. The van der Waals surface area contributed by atoms with E-state index in [4.69, 9.17) is 0 Å². The van der Waals surface area contributed by atoms with Crippen molar-refractivity contribution < 1.29 is 26.4 Å². The van der Waals surface area contributed by atoms with Crippen LogP contribution >= 0.6 is 0 Å². The Morgan fingerprint density at radius 3 is 2.36 bits per heavy atom. The minimum Gasteiger partial charge on any atom is -0.323 e. The molecule has 120 valence electrons. The van der Waals surface area contributed by atoms with Gasteiger partial charge in [0.15, 0.2) is 15.6 Å². The van der Waals surface area contributed by atoms with E-state index >= 15 is 0 Å². The van der Waals surface area contributed by atoms with E-state index in [2.05, 4.69) is 4.98 Å². The number of aryl methyl sites for hydroxylation is 1. The Bertz CT molecular complexity index is 867. The molecule has 2 rings (SSSR count). The lowest BCUT2D eigenvalue weighted by atomic mass is 10.1. The normalized spacial score (nSPS) is 12.8. The fourth-order valence-electron chi connectivity index (χ4n) is 2.16. The molecule has 0 aliphatic rings. The molecule has 0 spiro atoms. The number of benzene rings is 1. The monoisotopic (exact) mass is 334 g/mol. The summed E-state index contributed by atoms with van der Waals surface area (Å²) in [6.07, 6.45) is -4.67. The van der Waals surface area contributed by atoms with Crippen molar-refractivity contribution in [2.75, 3.05) is 5.75 Å². The number of carbonyl (C=O) groups is 1. The van der Waals surface area contributed by atoms with Crippen molar-refractivity contribution in [2.24, 2.45) is 7.05 Å². The largest absolute Gasteiger partial charge is 0.449 e. The van der Waals surface area contributed by atoms with E-state index in [9.17, 15) is 26.4 Å². The molecule has 0 saturated heterocycles. The number of sulfone groups is 1. The maximum atomic E-state index is 12.9. The van der Waals surface area contributed by atoms with Crippen LogP contribution in [0.2, 0.25) is 0 Å². The lowest BCUT2D eigenvalue weighted by Crippen LogP contribution is -2.12. The van der Waals surface area contributed by atoms with E-state index in [1.54, 1.807) is 0 Å². The Labute approximate surface area is 124 Å². The van der Waals surface area contributed by atoms with Crippen LogP contribution in [0.15, 0.2) is 17.0 Å². The Morgan fingerprint density at radius 1 is 1.32 bits per heavy atom. The summed E-state index contributed by atoms with van der Waals surface area (Å²) in [4.78, 5) is 14.8. The molecule has 5 nitrogen and oxygen atoms in total. The number of fused-ring (bicyclic) bond motifs is 1. The van der Waals surface area contributed by atoms with Crippen LogP contribution in [0.4, 0.5) is 13.2 Å². The third-order valence-corrected chi connectivity index (χ3v) is 5.10. The summed E-state index contributed by atoms with van der Waals surface area (Å²) in [6, 6.07) is 2.17. The topological polar surface area (TPSA) is 69.0 Å². The van der Waals surface area contributed by atoms with E-state index in [0.29, 0.717) is 0 Å². The zero-order valence-corrected chi connectivity index (χ0v) is 12.8. The molecule has 2 aromatic rings. The number of imidazole rings is 1. The zero-order valence-electron chi connectivity index (χ0n) is 12.0. The van der Waals surface area contributed by atoms with Crippen molar-refractivity contribution >= 4 is 26.7 Å². The molecule has 0 fully saturated rings. The second-order valence-corrected chi connectivity index (χ2v) is 7.04. The van der Waals surface area contributed by atoms with Crippen LogP contribution in [0.25, 0.3) is 11.0 Å². The Hall–Kier alpha value is -1.90. The van der Waals surface area contributed by atoms with Crippen molar-refractivity contribution in [1.82, 2.24) is 9.55 Å². The summed E-state index contributed by atoms with van der Waals surface area (Å²) in [5.41, 5.74) is -0.222. The summed E-state index contributed by atoms with van der Waals surface area (Å²) < 4.78 is 63.6. The van der Waals surface area contributed by atoms with E-state index in [1.807, 2.05) is 0 Å². The summed E-state index contributed by atoms with van der Waals surface area (Å²) in [7, 11) is -2.60. The number of aromatic nitrogens is 2. The number of alkyl halides is 3. The van der Waals surface area contributed by atoms with Gasteiger partial charge in [-0.1, -0.05) is 6.92 Å². The third kappa shape index (κ3) is 2.60. The Balaban J connectivity index is 2.90. The standard InChI is InChI=1S/C13H13F3N2O3S/c1-4-22(20,21)11-6-10-9(5-8(11)7(2)19)17-12(18(10)3)13(14,15)16/h5-6H,4H2,1-3H3. The SMILES string of the molecule is CCS(=O)(=O)c1cc2c(cc1C(C)=O)nc(C(F)(F)F)n2C. The molecule has 0 saturated carbocycles. The molecule has 0 atom stereocenters. The summed E-state index contributed by atoms with van der Waals surface area (Å²) in [5.74, 6) is -1.96. The smallest absolute Gasteiger partial charge is 0.323 e. The summed E-state index contributed by atoms with van der Waals surface area (Å²) in [5, 5.41) is 0. The fraction of sp³-hybridized carbons (Fsp3) is 0.385. The molecule has 0 radical (unpaired) electrons. The van der Waals surface area contributed by atoms with Crippen LogP contribution in [0.1, 0.15) is 30.0 Å². The molecule has 1 aromatic heterocycles. The zero-order chi connectivity index (χ0) is 16.9. The Kier molecular flexibility index (Phi) is 3.80. The average molecular weight is 334 g/mol. The number of hydrogen-bond acceptors (Lipinski definition) is 4. The van der Waals surface area contributed by atoms with Gasteiger partial charge in [-0.3, -0.25) is 4.79 Å². The fourth-order valence-corrected chi connectivity index (χ4v) is 3.30. The number of nitrogens with zero attached hydrogens (tertiary/aromatic N) is 2. The highest BCUT2D eigenvalue weighted by molar-refractivity contribution is 7.91. The van der Waals surface area contributed by atoms with Gasteiger partial charge >= 0.3 is 6.18 Å². The number of Topliss-reactive ketones (excluding diaryl/α,β-unsaturated/α-hetero) is 1. The summed E-state index contributed by atoms with van der Waals surface area (Å²) >= 11 is 0. The number of carbonyl (C=O) groups excluding carboxylic acids is 1. The highest BCUT2D eigenvalue weighted by Gasteiger charge is 2.37. The van der Waals surface area contributed by atoms with Crippen molar-refractivity contribution in [3.05, 3.63) is 23.5 Å². The molecule has 0 amide bonds. The maximum absolute atomic E-state index is 12.9. The van der Waals surface area contributed by atoms with Crippen molar-refractivity contribution in [2.45, 2.75) is 24.9 Å². The molecule has 1 aromatic carbocycles. The molecule has 0 aliphatic carbocycles. The van der Waals surface area contributed by atoms with Gasteiger partial charge in [-0.2, -0.15) is 13.2 Å². The molecular weight excluding hydrogens is 321 g/mol. The second-order valence-electron chi connectivity index (χ2n) is 4.79. The van der Waals surface area contributed by atoms with Gasteiger partial charge in [0, 0.05) is 12.6 Å². The van der Waals surface area contributed by atoms with Crippen molar-refractivity contribution in [1.29, 1.82) is 0 Å². The number of hydrogen-bond donors (Lipinski definition) is 0. The first-order chi connectivity index (χ1) is 9.99. The van der Waals surface area contributed by atoms with Crippen LogP contribution < -0.4 is 0 Å². The highest BCUT2D eigenvalue weighted by atomic mass is 32.2. The van der Waals surface area contributed by atoms with Gasteiger partial charge in [-0.15, -0.1) is 0 Å². The third-order valence-electron chi connectivity index (χ3n) is 3.33. The van der Waals surface area contributed by atoms with Crippen LogP contribution in [0, 0.1) is 0 Å². The predicted octanol–water partition coefficient (Wildman–Crippen LogP) is 2.59. The van der Waals surface area contributed by atoms with Gasteiger partial charge < -0.3 is 4.57 Å². The second kappa shape index (κ2) is 5.08. The van der Waals surface area contributed by atoms with Gasteiger partial charge in [0.05, 0.1) is 21.7 Å². The van der Waals surface area contributed by atoms with E-state index < -0.39 is 27.6 Å². The molecule has 0 N–H and O–H groups in total. The van der Waals surface area contributed by atoms with Gasteiger partial charge in [0.1, 0.15) is 0 Å². The molecule has 9 heteroatoms. The van der Waals surface area contributed by atoms with Gasteiger partial charge in [0.2, 0.25) is 5.82 Å². The first-order valence-corrected chi connectivity index (χ1v) is 7.95. The molecule has 22 heavy (non-hydrogen) atoms. The van der Waals surface area contributed by atoms with Crippen LogP contribution in [-0.2, 0) is 23.1 Å². The molecule has 1 heterocycles. The molecular formula is C13H13F3N2O3S. The van der Waals surface area contributed by atoms with Crippen LogP contribution in [0.5, 0.6) is 0 Å². The van der Waals surface area contributed by atoms with Crippen LogP contribution in [0.3, 0.4) is 0 Å². The van der Waals surface area contributed by atoms with Crippen LogP contribution in [-0.4, -0.2) is 29.5 Å². The number of halogens is 3. The average Bonchev–Trinajstić information content (AvgIpc) is 2.74. The lowest BCUT2D eigenvalue weighted by Gasteiger charge is -2.08. The van der Waals surface area contributed by atoms with Gasteiger partial charge in [-0.25, -0.2) is 13.4 Å². The molecule has 0 bridgehead atoms. The first kappa shape index (κ1) is 16.5. The summed E-state index contributed by atoms with van der Waals surface area (Å²) in [6.45, 7) is 2.55. The van der Waals surface area contributed by atoms with E-state index in [0.717, 1.165) is 30.7 Å². The number of ketones is 1.